The summed E-state index contributed by atoms with van der Waals surface area (Å²) < 4.78 is 56.1. The molecule has 1 aliphatic rings. The van der Waals surface area contributed by atoms with Crippen LogP contribution in [0.25, 0.3) is 0 Å². The Morgan fingerprint density at radius 2 is 1.75 bits per heavy atom. The van der Waals surface area contributed by atoms with Crippen molar-refractivity contribution in [2.24, 2.45) is 0 Å². The van der Waals surface area contributed by atoms with Crippen molar-refractivity contribution in [2.75, 3.05) is 13.2 Å². The van der Waals surface area contributed by atoms with E-state index in [1.807, 2.05) is 0 Å². The number of alkyl halides is 3. The lowest BCUT2D eigenvalue weighted by atomic mass is 10.00. The summed E-state index contributed by atoms with van der Waals surface area (Å²) in [5.41, 5.74) is 0.454. The third kappa shape index (κ3) is 4.76. The van der Waals surface area contributed by atoms with E-state index >= 15 is 0 Å². The molecule has 2 rings (SSSR count). The number of nitrogens with one attached hydrogen (secondary N) is 1. The van der Waals surface area contributed by atoms with Gasteiger partial charge < -0.3 is 10.1 Å². The minimum atomic E-state index is -4.27. The molecular weight excluding hydrogens is 274 g/mol. The molecule has 0 aromatic heterocycles. The van der Waals surface area contributed by atoms with Gasteiger partial charge in [0.15, 0.2) is 0 Å². The summed E-state index contributed by atoms with van der Waals surface area (Å²) in [7, 11) is 0. The molecule has 1 fully saturated rings. The molecule has 0 radical (unpaired) electrons. The Morgan fingerprint density at radius 1 is 1.15 bits per heavy atom. The van der Waals surface area contributed by atoms with Gasteiger partial charge in [0.2, 0.25) is 0 Å². The zero-order chi connectivity index (χ0) is 14.6. The molecule has 0 aliphatic carbocycles. The van der Waals surface area contributed by atoms with Crippen LogP contribution in [0.15, 0.2) is 24.3 Å². The Kier molecular flexibility index (Phi) is 4.99. The predicted octanol–water partition coefficient (Wildman–Crippen LogP) is 3.59. The Labute approximate surface area is 115 Å². The molecule has 0 saturated carbocycles. The van der Waals surface area contributed by atoms with Crippen LogP contribution in [0.4, 0.5) is 17.6 Å². The van der Waals surface area contributed by atoms with Crippen LogP contribution in [0.2, 0.25) is 0 Å². The van der Waals surface area contributed by atoms with Gasteiger partial charge in [0.25, 0.3) is 0 Å². The summed E-state index contributed by atoms with van der Waals surface area (Å²) in [6, 6.07) is 4.32. The molecule has 112 valence electrons. The number of benzene rings is 1. The summed E-state index contributed by atoms with van der Waals surface area (Å²) in [4.78, 5) is 0. The molecule has 0 unspecified atom stereocenters. The predicted molar refractivity (Wildman–Crippen MR) is 66.8 cm³/mol. The quantitative estimate of drug-likeness (QED) is 0.856. The van der Waals surface area contributed by atoms with Gasteiger partial charge in [-0.3, -0.25) is 0 Å². The Morgan fingerprint density at radius 3 is 2.30 bits per heavy atom. The van der Waals surface area contributed by atoms with E-state index in [9.17, 15) is 17.6 Å². The van der Waals surface area contributed by atoms with Crippen LogP contribution < -0.4 is 5.32 Å². The van der Waals surface area contributed by atoms with Crippen LogP contribution in [0.1, 0.15) is 30.9 Å². The fourth-order valence-corrected chi connectivity index (χ4v) is 2.35. The van der Waals surface area contributed by atoms with E-state index in [2.05, 4.69) is 5.32 Å². The minimum absolute atomic E-state index is 0.00107. The molecule has 2 nitrogen and oxygen atoms in total. The molecule has 1 heterocycles. The van der Waals surface area contributed by atoms with Gasteiger partial charge in [-0.15, -0.1) is 0 Å². The summed E-state index contributed by atoms with van der Waals surface area (Å²) in [6.45, 7) is 1.11. The minimum Gasteiger partial charge on any atom is -0.381 e. The van der Waals surface area contributed by atoms with Gasteiger partial charge in [-0.1, -0.05) is 12.1 Å². The molecule has 1 atom stereocenters. The van der Waals surface area contributed by atoms with Gasteiger partial charge in [-0.2, -0.15) is 13.2 Å². The maximum absolute atomic E-state index is 12.9. The van der Waals surface area contributed by atoms with Crippen LogP contribution in [0, 0.1) is 5.82 Å². The Hall–Kier alpha value is -1.14. The number of hydrogen-bond donors (Lipinski definition) is 1. The van der Waals surface area contributed by atoms with Crippen LogP contribution >= 0.6 is 0 Å². The summed E-state index contributed by atoms with van der Waals surface area (Å²) in [5, 5.41) is 3.03. The highest BCUT2D eigenvalue weighted by molar-refractivity contribution is 5.20. The summed E-state index contributed by atoms with van der Waals surface area (Å²) in [6.07, 6.45) is -3.85. The first-order valence-corrected chi connectivity index (χ1v) is 6.60. The highest BCUT2D eigenvalue weighted by atomic mass is 19.4. The molecule has 0 spiro atoms. The highest BCUT2D eigenvalue weighted by Crippen LogP contribution is 2.30. The number of hydrogen-bond acceptors (Lipinski definition) is 2. The summed E-state index contributed by atoms with van der Waals surface area (Å²) in [5.74, 6) is -0.453. The Bertz CT molecular complexity index is 412. The molecule has 0 amide bonds. The van der Waals surface area contributed by atoms with Gasteiger partial charge in [-0.25, -0.2) is 4.39 Å². The third-order valence-corrected chi connectivity index (χ3v) is 3.37. The van der Waals surface area contributed by atoms with Crippen LogP contribution in [-0.4, -0.2) is 25.4 Å². The van der Waals surface area contributed by atoms with E-state index in [1.165, 1.54) is 24.3 Å². The zero-order valence-electron chi connectivity index (χ0n) is 10.9. The maximum Gasteiger partial charge on any atom is 0.390 e. The van der Waals surface area contributed by atoms with E-state index in [0.717, 1.165) is 0 Å². The number of ether oxygens (including phenoxy) is 1. The number of halogens is 4. The lowest BCUT2D eigenvalue weighted by molar-refractivity contribution is -0.141. The van der Waals surface area contributed by atoms with Gasteiger partial charge in [0, 0.05) is 25.3 Å². The summed E-state index contributed by atoms with van der Waals surface area (Å²) >= 11 is 0. The lowest BCUT2D eigenvalue weighted by Gasteiger charge is -2.29. The largest absolute Gasteiger partial charge is 0.390 e. The van der Waals surface area contributed by atoms with Gasteiger partial charge in [0.1, 0.15) is 5.82 Å². The van der Waals surface area contributed by atoms with Gasteiger partial charge in [0.05, 0.1) is 6.42 Å². The molecule has 20 heavy (non-hydrogen) atoms. The second-order valence-corrected chi connectivity index (χ2v) is 4.98. The van der Waals surface area contributed by atoms with Crippen molar-refractivity contribution in [3.05, 3.63) is 35.6 Å². The third-order valence-electron chi connectivity index (χ3n) is 3.37. The van der Waals surface area contributed by atoms with Crippen LogP contribution in [0.5, 0.6) is 0 Å². The van der Waals surface area contributed by atoms with E-state index in [4.69, 9.17) is 4.74 Å². The average Bonchev–Trinajstić information content (AvgIpc) is 2.38. The van der Waals surface area contributed by atoms with Gasteiger partial charge >= 0.3 is 6.18 Å². The molecule has 1 aromatic rings. The highest BCUT2D eigenvalue weighted by Gasteiger charge is 2.33. The van der Waals surface area contributed by atoms with Crippen molar-refractivity contribution in [2.45, 2.75) is 37.5 Å². The van der Waals surface area contributed by atoms with Crippen molar-refractivity contribution < 1.29 is 22.3 Å². The molecule has 1 aliphatic heterocycles. The van der Waals surface area contributed by atoms with Crippen molar-refractivity contribution >= 4 is 0 Å². The van der Waals surface area contributed by atoms with Crippen molar-refractivity contribution in [3.8, 4) is 0 Å². The average molecular weight is 291 g/mol. The topological polar surface area (TPSA) is 21.3 Å². The first-order valence-electron chi connectivity index (χ1n) is 6.60. The SMILES string of the molecule is Fc1ccc([C@@H](CC(F)(F)F)NC2CCOCC2)cc1. The van der Waals surface area contributed by atoms with Crippen molar-refractivity contribution in [3.63, 3.8) is 0 Å². The molecule has 1 saturated heterocycles. The first kappa shape index (κ1) is 15.3. The molecule has 0 bridgehead atoms. The second kappa shape index (κ2) is 6.54. The van der Waals surface area contributed by atoms with E-state index in [0.29, 0.717) is 31.6 Å². The molecule has 1 aromatic carbocycles. The fraction of sp³-hybridized carbons (Fsp3) is 0.571. The van der Waals surface area contributed by atoms with Crippen LogP contribution in [0.3, 0.4) is 0 Å². The Balaban J connectivity index is 2.09. The van der Waals surface area contributed by atoms with Crippen molar-refractivity contribution in [1.82, 2.24) is 5.32 Å². The smallest absolute Gasteiger partial charge is 0.381 e. The monoisotopic (exact) mass is 291 g/mol. The van der Waals surface area contributed by atoms with Crippen LogP contribution in [-0.2, 0) is 4.74 Å². The van der Waals surface area contributed by atoms with Crippen molar-refractivity contribution in [1.29, 1.82) is 0 Å². The normalized spacial score (nSPS) is 19.0. The van der Waals surface area contributed by atoms with Gasteiger partial charge in [-0.05, 0) is 30.5 Å². The first-order chi connectivity index (χ1) is 9.44. The van der Waals surface area contributed by atoms with E-state index in [1.54, 1.807) is 0 Å². The number of rotatable bonds is 4. The zero-order valence-corrected chi connectivity index (χ0v) is 10.9. The molecule has 1 N–H and O–H groups in total. The maximum atomic E-state index is 12.9. The molecule has 6 heteroatoms. The van der Waals surface area contributed by atoms with E-state index < -0.39 is 24.5 Å². The molecular formula is C14H17F4NO. The second-order valence-electron chi connectivity index (χ2n) is 4.98. The fourth-order valence-electron chi connectivity index (χ4n) is 2.35. The lowest BCUT2D eigenvalue weighted by Crippen LogP contribution is -2.39. The van der Waals surface area contributed by atoms with E-state index in [-0.39, 0.29) is 6.04 Å². The standard InChI is InChI=1S/C14H17F4NO/c15-11-3-1-10(2-4-11)13(9-14(16,17)18)19-12-5-7-20-8-6-12/h1-4,12-13,19H,5-9H2/t13-/m1/s1.